The van der Waals surface area contributed by atoms with Crippen LogP contribution >= 0.6 is 0 Å². The van der Waals surface area contributed by atoms with Crippen molar-refractivity contribution in [2.24, 2.45) is 4.99 Å². The summed E-state index contributed by atoms with van der Waals surface area (Å²) >= 11 is 0. The second-order valence-electron chi connectivity index (χ2n) is 5.52. The van der Waals surface area contributed by atoms with Crippen molar-refractivity contribution in [1.29, 1.82) is 0 Å². The molecule has 0 aliphatic heterocycles. The van der Waals surface area contributed by atoms with Gasteiger partial charge in [-0.2, -0.15) is 0 Å². The zero-order chi connectivity index (χ0) is 20.4. The summed E-state index contributed by atoms with van der Waals surface area (Å²) in [6, 6.07) is 0. The van der Waals surface area contributed by atoms with E-state index in [1.165, 1.54) is 6.42 Å². The monoisotopic (exact) mass is 369 g/mol. The Morgan fingerprint density at radius 2 is 1.77 bits per heavy atom. The Kier molecular flexibility index (Phi) is 18.6. The fraction of sp³-hybridized carbons (Fsp3) is 0.714. The molecule has 0 saturated carbocycles. The Morgan fingerprint density at radius 1 is 1.15 bits per heavy atom. The predicted molar refractivity (Wildman–Crippen MR) is 115 cm³/mol. The van der Waals surface area contributed by atoms with Gasteiger partial charge in [0.15, 0.2) is 0 Å². The number of nitrogens with one attached hydrogen (secondary N) is 1. The first kappa shape index (κ1) is 26.6. The number of hydrogen-bond acceptors (Lipinski definition) is 4. The Labute approximate surface area is 162 Å². The van der Waals surface area contributed by atoms with E-state index in [9.17, 15) is 0 Å². The van der Waals surface area contributed by atoms with Gasteiger partial charge in [0, 0.05) is 46.3 Å². The van der Waals surface area contributed by atoms with Gasteiger partial charge in [0.05, 0.1) is 18.1 Å². The average Bonchev–Trinajstić information content (AvgIpc) is 2.97. The number of aromatic nitrogens is 2. The summed E-state index contributed by atoms with van der Waals surface area (Å²) in [5.74, 6) is 1.83. The lowest BCUT2D eigenvalue weighted by Gasteiger charge is -2.09. The van der Waals surface area contributed by atoms with Crippen LogP contribution in [0.4, 0.5) is 0 Å². The molecule has 1 heterocycles. The Bertz CT molecular complexity index is 512. The zero-order valence-electron chi connectivity index (χ0n) is 18.5. The van der Waals surface area contributed by atoms with Crippen LogP contribution in [0.1, 0.15) is 79.4 Å². The molecular weight excluding hydrogens is 326 g/mol. The van der Waals surface area contributed by atoms with Gasteiger partial charge in [-0.05, 0) is 20.8 Å². The van der Waals surface area contributed by atoms with Crippen LogP contribution in [-0.4, -0.2) is 42.5 Å². The van der Waals surface area contributed by atoms with Crippen LogP contribution in [0, 0.1) is 13.8 Å². The highest BCUT2D eigenvalue weighted by Crippen LogP contribution is 2.12. The summed E-state index contributed by atoms with van der Waals surface area (Å²) in [5, 5.41) is 0. The Balaban J connectivity index is -0.000000870. The second kappa shape index (κ2) is 18.2. The van der Waals surface area contributed by atoms with Gasteiger partial charge in [0.25, 0.3) is 0 Å². The van der Waals surface area contributed by atoms with E-state index in [0.717, 1.165) is 48.1 Å². The molecule has 26 heavy (non-hydrogen) atoms. The van der Waals surface area contributed by atoms with Gasteiger partial charge in [-0.25, -0.2) is 4.98 Å². The van der Waals surface area contributed by atoms with Crippen molar-refractivity contribution in [2.45, 2.75) is 74.7 Å². The van der Waals surface area contributed by atoms with Crippen LogP contribution in [-0.2, 0) is 9.47 Å². The van der Waals surface area contributed by atoms with E-state index in [0.29, 0.717) is 13.2 Å². The van der Waals surface area contributed by atoms with E-state index in [2.05, 4.69) is 35.7 Å². The molecule has 154 valence electrons. The van der Waals surface area contributed by atoms with Gasteiger partial charge in [-0.3, -0.25) is 4.99 Å². The van der Waals surface area contributed by atoms with Crippen LogP contribution in [0.3, 0.4) is 0 Å². The van der Waals surface area contributed by atoms with E-state index in [1.54, 1.807) is 7.11 Å². The maximum absolute atomic E-state index is 5.80. The molecule has 1 aromatic rings. The number of allylic oxidation sites excluding steroid dienone is 2. The topological polar surface area (TPSA) is 59.5 Å². The molecule has 0 saturated heterocycles. The van der Waals surface area contributed by atoms with Gasteiger partial charge in [-0.15, -0.1) is 0 Å². The molecule has 0 unspecified atom stereocenters. The number of aryl methyl sites for hydroxylation is 2. The highest BCUT2D eigenvalue weighted by Gasteiger charge is 2.10. The maximum Gasteiger partial charge on any atom is 0.109 e. The van der Waals surface area contributed by atoms with Crippen molar-refractivity contribution in [1.82, 2.24) is 9.97 Å². The van der Waals surface area contributed by atoms with Crippen LogP contribution in [0.5, 0.6) is 0 Å². The van der Waals surface area contributed by atoms with E-state index < -0.39 is 0 Å². The fourth-order valence-electron chi connectivity index (χ4n) is 2.02. The van der Waals surface area contributed by atoms with Gasteiger partial charge < -0.3 is 14.5 Å². The largest absolute Gasteiger partial charge is 0.498 e. The SMILES string of the molecule is CC.CCC.CCN=C(/C=C(\CC)OCCCOC)c1nc(C)[nH]c1C.[HH]. The molecule has 0 bridgehead atoms. The molecule has 1 N–H and O–H groups in total. The first-order chi connectivity index (χ1) is 12.5. The Morgan fingerprint density at radius 3 is 2.19 bits per heavy atom. The molecule has 0 radical (unpaired) electrons. The molecule has 0 atom stereocenters. The highest BCUT2D eigenvalue weighted by atomic mass is 16.5. The van der Waals surface area contributed by atoms with Crippen molar-refractivity contribution in [3.05, 3.63) is 29.0 Å². The quantitative estimate of drug-likeness (QED) is 0.336. The van der Waals surface area contributed by atoms with Crippen LogP contribution in [0.2, 0.25) is 0 Å². The third-order valence-corrected chi connectivity index (χ3v) is 3.00. The first-order valence-corrected chi connectivity index (χ1v) is 9.94. The van der Waals surface area contributed by atoms with E-state index >= 15 is 0 Å². The molecule has 0 aliphatic carbocycles. The normalized spacial score (nSPS) is 11.3. The number of hydrogen-bond donors (Lipinski definition) is 1. The minimum atomic E-state index is 0. The summed E-state index contributed by atoms with van der Waals surface area (Å²) in [7, 11) is 1.70. The number of H-pyrrole nitrogens is 1. The summed E-state index contributed by atoms with van der Waals surface area (Å²) in [5.41, 5.74) is 2.81. The Hall–Kier alpha value is -1.62. The van der Waals surface area contributed by atoms with Gasteiger partial charge in [-0.1, -0.05) is 41.0 Å². The van der Waals surface area contributed by atoms with Crippen molar-refractivity contribution in [3.63, 3.8) is 0 Å². The van der Waals surface area contributed by atoms with Gasteiger partial charge in [0.2, 0.25) is 0 Å². The van der Waals surface area contributed by atoms with E-state index in [-0.39, 0.29) is 1.43 Å². The van der Waals surface area contributed by atoms with Crippen molar-refractivity contribution in [3.8, 4) is 0 Å². The lowest BCUT2D eigenvalue weighted by Crippen LogP contribution is -2.05. The van der Waals surface area contributed by atoms with Crippen LogP contribution in [0.25, 0.3) is 0 Å². The number of aromatic amines is 1. The number of rotatable bonds is 9. The van der Waals surface area contributed by atoms with Gasteiger partial charge in [0.1, 0.15) is 11.5 Å². The average molecular weight is 370 g/mol. The van der Waals surface area contributed by atoms with Crippen molar-refractivity contribution >= 4 is 5.71 Å². The van der Waals surface area contributed by atoms with E-state index in [4.69, 9.17) is 9.47 Å². The third-order valence-electron chi connectivity index (χ3n) is 3.00. The molecule has 1 rings (SSSR count). The summed E-state index contributed by atoms with van der Waals surface area (Å²) in [6.45, 7) is 18.4. The number of imidazole rings is 1. The molecule has 0 aromatic carbocycles. The summed E-state index contributed by atoms with van der Waals surface area (Å²) < 4.78 is 10.8. The molecule has 0 fully saturated rings. The summed E-state index contributed by atoms with van der Waals surface area (Å²) in [4.78, 5) is 12.3. The number of aliphatic imine (C=N–C) groups is 1. The highest BCUT2D eigenvalue weighted by molar-refractivity contribution is 6.08. The van der Waals surface area contributed by atoms with Crippen LogP contribution in [0.15, 0.2) is 16.8 Å². The molecular formula is C21H43N3O2. The zero-order valence-corrected chi connectivity index (χ0v) is 18.5. The number of nitrogens with zero attached hydrogens (tertiary/aromatic N) is 2. The van der Waals surface area contributed by atoms with Crippen molar-refractivity contribution < 1.29 is 10.9 Å². The molecule has 1 aromatic heterocycles. The second-order valence-corrected chi connectivity index (χ2v) is 5.52. The molecule has 0 aliphatic rings. The van der Waals surface area contributed by atoms with E-state index in [1.807, 2.05) is 40.7 Å². The lowest BCUT2D eigenvalue weighted by molar-refractivity contribution is 0.142. The maximum atomic E-state index is 5.80. The smallest absolute Gasteiger partial charge is 0.109 e. The minimum Gasteiger partial charge on any atom is -0.498 e. The number of methoxy groups -OCH3 is 1. The number of ether oxygens (including phenoxy) is 2. The molecule has 0 spiro atoms. The van der Waals surface area contributed by atoms with Crippen LogP contribution < -0.4 is 0 Å². The fourth-order valence-corrected chi connectivity index (χ4v) is 2.02. The first-order valence-electron chi connectivity index (χ1n) is 9.94. The molecule has 0 amide bonds. The predicted octanol–water partition coefficient (Wildman–Crippen LogP) is 5.87. The van der Waals surface area contributed by atoms with Gasteiger partial charge >= 0.3 is 0 Å². The lowest BCUT2D eigenvalue weighted by atomic mass is 10.2. The minimum absolute atomic E-state index is 0. The van der Waals surface area contributed by atoms with Crippen molar-refractivity contribution in [2.75, 3.05) is 26.9 Å². The third kappa shape index (κ3) is 11.9. The standard InChI is InChI=1S/C16H27N3O2.C3H8.C2H6.H2/c1-6-14(21-10-8-9-20-5)11-15(17-7-2)16-12(3)18-13(4)19-16;1-3-2;1-2;/h11H,6-10H2,1-5H3,(H,18,19);3H2,1-2H3;1-2H3;1H/b14-11+,17-15?;;;. The molecule has 5 heteroatoms. The summed E-state index contributed by atoms with van der Waals surface area (Å²) in [6.07, 6.45) is 4.96. The molecule has 5 nitrogen and oxygen atoms in total.